The highest BCUT2D eigenvalue weighted by Gasteiger charge is 2.19. The van der Waals surface area contributed by atoms with E-state index in [-0.39, 0.29) is 11.2 Å². The van der Waals surface area contributed by atoms with Gasteiger partial charge in [0.15, 0.2) is 0 Å². The zero-order valence-corrected chi connectivity index (χ0v) is 13.9. The maximum absolute atomic E-state index is 10.9. The second-order valence-electron chi connectivity index (χ2n) is 5.89. The highest BCUT2D eigenvalue weighted by molar-refractivity contribution is 7.89. The topological polar surface area (TPSA) is 110 Å². The molecule has 7 nitrogen and oxygen atoms in total. The lowest BCUT2D eigenvalue weighted by Crippen LogP contribution is -2.20. The highest BCUT2D eigenvalue weighted by atomic mass is 32.2. The van der Waals surface area contributed by atoms with Gasteiger partial charge in [0.05, 0.1) is 5.75 Å². The lowest BCUT2D eigenvalue weighted by Gasteiger charge is -2.19. The van der Waals surface area contributed by atoms with Crippen molar-refractivity contribution < 1.29 is 8.42 Å². The normalized spacial score (nSPS) is 12.2. The first kappa shape index (κ1) is 17.6. The number of hydrogen-bond donors (Lipinski definition) is 3. The van der Waals surface area contributed by atoms with Gasteiger partial charge in [-0.25, -0.2) is 23.5 Å². The first-order valence-electron chi connectivity index (χ1n) is 6.99. The molecule has 21 heavy (non-hydrogen) atoms. The van der Waals surface area contributed by atoms with E-state index in [1.54, 1.807) is 0 Å². The Morgan fingerprint density at radius 2 is 1.76 bits per heavy atom. The number of anilines is 2. The molecule has 8 heteroatoms. The van der Waals surface area contributed by atoms with Crippen molar-refractivity contribution in [3.8, 4) is 0 Å². The summed E-state index contributed by atoms with van der Waals surface area (Å²) in [6.07, 6.45) is 0.435. The third-order valence-electron chi connectivity index (χ3n) is 2.67. The summed E-state index contributed by atoms with van der Waals surface area (Å²) >= 11 is 0. The highest BCUT2D eigenvalue weighted by Crippen LogP contribution is 2.22. The first-order chi connectivity index (χ1) is 9.62. The number of nitrogens with two attached hydrogens (primary N) is 1. The van der Waals surface area contributed by atoms with Crippen LogP contribution in [0.2, 0.25) is 0 Å². The van der Waals surface area contributed by atoms with Crippen molar-refractivity contribution in [3.05, 3.63) is 11.9 Å². The van der Waals surface area contributed by atoms with E-state index in [1.165, 1.54) is 0 Å². The predicted molar refractivity (Wildman–Crippen MR) is 86.0 cm³/mol. The predicted octanol–water partition coefficient (Wildman–Crippen LogP) is 1.30. The molecule has 0 amide bonds. The second-order valence-corrected chi connectivity index (χ2v) is 7.62. The van der Waals surface area contributed by atoms with Gasteiger partial charge in [0.2, 0.25) is 10.0 Å². The van der Waals surface area contributed by atoms with Crippen LogP contribution < -0.4 is 15.8 Å². The smallest absolute Gasteiger partial charge is 0.209 e. The Bertz CT molecular complexity index is 566. The Hall–Kier alpha value is -1.41. The molecule has 0 atom stereocenters. The summed E-state index contributed by atoms with van der Waals surface area (Å²) in [5, 5.41) is 11.3. The molecule has 1 aromatic rings. The minimum absolute atomic E-state index is 0.0444. The van der Waals surface area contributed by atoms with Gasteiger partial charge in [0, 0.05) is 24.6 Å². The Kier molecular flexibility index (Phi) is 5.91. The third-order valence-corrected chi connectivity index (χ3v) is 3.52. The Morgan fingerprint density at radius 1 is 1.19 bits per heavy atom. The van der Waals surface area contributed by atoms with Gasteiger partial charge in [-0.05, 0) is 13.3 Å². The lowest BCUT2D eigenvalue weighted by molar-refractivity contribution is 0.546. The molecule has 0 aliphatic heterocycles. The van der Waals surface area contributed by atoms with Crippen LogP contribution in [0.15, 0.2) is 6.07 Å². The van der Waals surface area contributed by atoms with Crippen molar-refractivity contribution in [2.75, 3.05) is 29.5 Å². The fourth-order valence-corrected chi connectivity index (χ4v) is 2.18. The molecule has 0 aliphatic carbocycles. The van der Waals surface area contributed by atoms with Gasteiger partial charge in [-0.2, -0.15) is 0 Å². The van der Waals surface area contributed by atoms with E-state index in [1.807, 2.05) is 33.8 Å². The van der Waals surface area contributed by atoms with E-state index in [4.69, 9.17) is 5.14 Å². The summed E-state index contributed by atoms with van der Waals surface area (Å²) < 4.78 is 21.8. The zero-order valence-electron chi connectivity index (χ0n) is 13.1. The molecule has 0 aliphatic rings. The van der Waals surface area contributed by atoms with Crippen molar-refractivity contribution in [1.29, 1.82) is 0 Å². The van der Waals surface area contributed by atoms with Crippen molar-refractivity contribution in [3.63, 3.8) is 0 Å². The van der Waals surface area contributed by atoms with Crippen molar-refractivity contribution >= 4 is 21.7 Å². The Labute approximate surface area is 126 Å². The van der Waals surface area contributed by atoms with Crippen LogP contribution in [0.25, 0.3) is 0 Å². The van der Waals surface area contributed by atoms with Gasteiger partial charge in [0.25, 0.3) is 0 Å². The molecular formula is C13H25N5O2S. The Balaban J connectivity index is 2.78. The third kappa shape index (κ3) is 6.72. The first-order valence-corrected chi connectivity index (χ1v) is 8.71. The van der Waals surface area contributed by atoms with E-state index < -0.39 is 10.0 Å². The number of primary sulfonamides is 1. The van der Waals surface area contributed by atoms with Gasteiger partial charge in [-0.3, -0.25) is 0 Å². The van der Waals surface area contributed by atoms with E-state index in [0.717, 1.165) is 18.2 Å². The van der Waals surface area contributed by atoms with Gasteiger partial charge in [0.1, 0.15) is 17.5 Å². The van der Waals surface area contributed by atoms with Crippen LogP contribution in [0.3, 0.4) is 0 Å². The van der Waals surface area contributed by atoms with Crippen LogP contribution in [-0.2, 0) is 15.4 Å². The molecule has 1 aromatic heterocycles. The fraction of sp³-hybridized carbons (Fsp3) is 0.692. The van der Waals surface area contributed by atoms with Crippen LogP contribution in [0.1, 0.15) is 39.9 Å². The molecule has 4 N–H and O–H groups in total. The van der Waals surface area contributed by atoms with Crippen LogP contribution in [0, 0.1) is 0 Å². The minimum Gasteiger partial charge on any atom is -0.370 e. The molecule has 0 saturated carbocycles. The molecule has 0 radical (unpaired) electrons. The van der Waals surface area contributed by atoms with Crippen molar-refractivity contribution in [2.45, 2.75) is 39.5 Å². The van der Waals surface area contributed by atoms with E-state index >= 15 is 0 Å². The number of nitrogens with one attached hydrogen (secondary N) is 2. The fourth-order valence-electron chi connectivity index (χ4n) is 1.63. The number of aromatic nitrogens is 2. The number of sulfonamides is 1. The van der Waals surface area contributed by atoms with Crippen LogP contribution in [0.4, 0.5) is 11.6 Å². The van der Waals surface area contributed by atoms with Gasteiger partial charge in [-0.1, -0.05) is 20.8 Å². The summed E-state index contributed by atoms with van der Waals surface area (Å²) in [5.41, 5.74) is -0.164. The maximum atomic E-state index is 10.9. The van der Waals surface area contributed by atoms with Crippen molar-refractivity contribution in [2.24, 2.45) is 5.14 Å². The molecular weight excluding hydrogens is 290 g/mol. The molecule has 1 heterocycles. The van der Waals surface area contributed by atoms with Gasteiger partial charge >= 0.3 is 0 Å². The summed E-state index contributed by atoms with van der Waals surface area (Å²) in [6.45, 7) is 9.39. The molecule has 0 saturated heterocycles. The van der Waals surface area contributed by atoms with E-state index in [9.17, 15) is 8.42 Å². The average molecular weight is 315 g/mol. The van der Waals surface area contributed by atoms with Crippen LogP contribution >= 0.6 is 0 Å². The van der Waals surface area contributed by atoms with Crippen LogP contribution in [-0.4, -0.2) is 37.2 Å². The van der Waals surface area contributed by atoms with Gasteiger partial charge < -0.3 is 10.6 Å². The largest absolute Gasteiger partial charge is 0.370 e. The quantitative estimate of drug-likeness (QED) is 0.654. The molecule has 0 unspecified atom stereocenters. The molecule has 0 spiro atoms. The standard InChI is InChI=1S/C13H25N5O2S/c1-5-15-10-9-11(16-7-6-8-21(14,19)20)18-12(17-10)13(2,3)4/h9H,5-8H2,1-4H3,(H2,14,19,20)(H2,15,16,17,18). The minimum atomic E-state index is -3.41. The lowest BCUT2D eigenvalue weighted by atomic mass is 9.96. The summed E-state index contributed by atoms with van der Waals surface area (Å²) in [4.78, 5) is 8.96. The molecule has 0 bridgehead atoms. The van der Waals surface area contributed by atoms with E-state index in [0.29, 0.717) is 18.8 Å². The number of hydrogen-bond acceptors (Lipinski definition) is 6. The average Bonchev–Trinajstić information content (AvgIpc) is 2.33. The molecule has 0 aromatic carbocycles. The SMILES string of the molecule is CCNc1cc(NCCCS(N)(=O)=O)nc(C(C)(C)C)n1. The molecule has 120 valence electrons. The van der Waals surface area contributed by atoms with Crippen LogP contribution in [0.5, 0.6) is 0 Å². The maximum Gasteiger partial charge on any atom is 0.209 e. The second kappa shape index (κ2) is 7.04. The monoisotopic (exact) mass is 315 g/mol. The van der Waals surface area contributed by atoms with Crippen molar-refractivity contribution in [1.82, 2.24) is 9.97 Å². The number of rotatable bonds is 7. The van der Waals surface area contributed by atoms with Gasteiger partial charge in [-0.15, -0.1) is 0 Å². The summed E-state index contributed by atoms with van der Waals surface area (Å²) in [6, 6.07) is 1.82. The molecule has 1 rings (SSSR count). The summed E-state index contributed by atoms with van der Waals surface area (Å²) in [7, 11) is -3.41. The summed E-state index contributed by atoms with van der Waals surface area (Å²) in [5.74, 6) is 2.12. The zero-order chi connectivity index (χ0) is 16.1. The molecule has 0 fully saturated rings. The Morgan fingerprint density at radius 3 is 2.24 bits per heavy atom. The number of nitrogens with zero attached hydrogens (tertiary/aromatic N) is 2. The van der Waals surface area contributed by atoms with E-state index in [2.05, 4.69) is 20.6 Å².